The van der Waals surface area contributed by atoms with Crippen molar-refractivity contribution < 1.29 is 9.84 Å². The van der Waals surface area contributed by atoms with Crippen LogP contribution in [-0.4, -0.2) is 35.3 Å². The fourth-order valence-corrected chi connectivity index (χ4v) is 3.45. The molecule has 0 aliphatic carbocycles. The third-order valence-electron chi connectivity index (χ3n) is 4.38. The number of aliphatic hydroxyl groups is 1. The largest absolute Gasteiger partial charge is 0.493 e. The Morgan fingerprint density at radius 1 is 1.35 bits per heavy atom. The summed E-state index contributed by atoms with van der Waals surface area (Å²) in [5, 5.41) is 11.0. The smallest absolute Gasteiger partial charge is 0.127 e. The first-order chi connectivity index (χ1) is 9.53. The summed E-state index contributed by atoms with van der Waals surface area (Å²) in [7, 11) is 0. The van der Waals surface area contributed by atoms with Gasteiger partial charge in [-0.1, -0.05) is 11.6 Å². The van der Waals surface area contributed by atoms with Crippen molar-refractivity contribution in [1.82, 2.24) is 4.90 Å². The number of benzene rings is 1. The third kappa shape index (κ3) is 3.11. The SMILES string of the molecule is CC1(O)CCCN(Cc2cc(Cl)cc3c2OCC3)CC1. The molecule has 0 bridgehead atoms. The van der Waals surface area contributed by atoms with Gasteiger partial charge in [-0.2, -0.15) is 0 Å². The highest BCUT2D eigenvalue weighted by atomic mass is 35.5. The van der Waals surface area contributed by atoms with Gasteiger partial charge in [-0.3, -0.25) is 4.90 Å². The highest BCUT2D eigenvalue weighted by Gasteiger charge is 2.26. The molecule has 1 saturated heterocycles. The van der Waals surface area contributed by atoms with Gasteiger partial charge in [-0.05, 0) is 50.4 Å². The van der Waals surface area contributed by atoms with Crippen LogP contribution in [0.25, 0.3) is 0 Å². The van der Waals surface area contributed by atoms with Crippen molar-refractivity contribution in [1.29, 1.82) is 0 Å². The van der Waals surface area contributed by atoms with E-state index in [1.807, 2.05) is 19.1 Å². The first-order valence-electron chi connectivity index (χ1n) is 7.42. The molecule has 2 heterocycles. The highest BCUT2D eigenvalue weighted by Crippen LogP contribution is 2.34. The Morgan fingerprint density at radius 2 is 2.20 bits per heavy atom. The van der Waals surface area contributed by atoms with Crippen LogP contribution in [0.1, 0.15) is 37.3 Å². The number of halogens is 1. The molecular weight excluding hydrogens is 274 g/mol. The van der Waals surface area contributed by atoms with E-state index in [1.165, 1.54) is 11.1 Å². The number of fused-ring (bicyclic) bond motifs is 1. The Kier molecular flexibility index (Phi) is 3.93. The van der Waals surface area contributed by atoms with Crippen LogP contribution in [-0.2, 0) is 13.0 Å². The molecular formula is C16H22ClNO2. The fraction of sp³-hybridized carbons (Fsp3) is 0.625. The molecule has 4 heteroatoms. The van der Waals surface area contributed by atoms with E-state index in [-0.39, 0.29) is 0 Å². The fourth-order valence-electron chi connectivity index (χ4n) is 3.18. The van der Waals surface area contributed by atoms with Crippen LogP contribution in [0.4, 0.5) is 0 Å². The molecule has 3 rings (SSSR count). The van der Waals surface area contributed by atoms with Gasteiger partial charge < -0.3 is 9.84 Å². The van der Waals surface area contributed by atoms with Crippen molar-refractivity contribution in [3.05, 3.63) is 28.3 Å². The van der Waals surface area contributed by atoms with Crippen molar-refractivity contribution >= 4 is 11.6 Å². The summed E-state index contributed by atoms with van der Waals surface area (Å²) in [6.07, 6.45) is 3.71. The zero-order chi connectivity index (χ0) is 14.2. The lowest BCUT2D eigenvalue weighted by Crippen LogP contribution is -2.28. The Hall–Kier alpha value is -0.770. The Bertz CT molecular complexity index is 501. The van der Waals surface area contributed by atoms with Gasteiger partial charge in [0.2, 0.25) is 0 Å². The number of nitrogens with zero attached hydrogens (tertiary/aromatic N) is 1. The van der Waals surface area contributed by atoms with E-state index in [1.54, 1.807) is 0 Å². The number of likely N-dealkylation sites (tertiary alicyclic amines) is 1. The summed E-state index contributed by atoms with van der Waals surface area (Å²) in [4.78, 5) is 2.40. The minimum absolute atomic E-state index is 0.512. The minimum Gasteiger partial charge on any atom is -0.493 e. The molecule has 20 heavy (non-hydrogen) atoms. The van der Waals surface area contributed by atoms with Crippen LogP contribution in [0.2, 0.25) is 5.02 Å². The molecule has 110 valence electrons. The standard InChI is InChI=1S/C16H22ClNO2/c1-16(19)4-2-6-18(7-5-16)11-13-10-14(17)9-12-3-8-20-15(12)13/h9-10,19H,2-8,11H2,1H3. The Morgan fingerprint density at radius 3 is 3.05 bits per heavy atom. The lowest BCUT2D eigenvalue weighted by Gasteiger charge is -2.23. The van der Waals surface area contributed by atoms with E-state index in [9.17, 15) is 5.11 Å². The van der Waals surface area contributed by atoms with Crippen LogP contribution in [0.5, 0.6) is 5.75 Å². The van der Waals surface area contributed by atoms with Crippen molar-refractivity contribution in [3.8, 4) is 5.75 Å². The summed E-state index contributed by atoms with van der Waals surface area (Å²) in [6.45, 7) is 5.51. The molecule has 1 unspecified atom stereocenters. The van der Waals surface area contributed by atoms with E-state index in [2.05, 4.69) is 4.90 Å². The zero-order valence-corrected chi connectivity index (χ0v) is 12.7. The highest BCUT2D eigenvalue weighted by molar-refractivity contribution is 6.30. The van der Waals surface area contributed by atoms with Gasteiger partial charge in [0.15, 0.2) is 0 Å². The van der Waals surface area contributed by atoms with Crippen molar-refractivity contribution in [2.24, 2.45) is 0 Å². The molecule has 0 spiro atoms. The van der Waals surface area contributed by atoms with Crippen molar-refractivity contribution in [3.63, 3.8) is 0 Å². The number of hydrogen-bond donors (Lipinski definition) is 1. The average Bonchev–Trinajstić information content (AvgIpc) is 2.76. The number of hydrogen-bond acceptors (Lipinski definition) is 3. The summed E-state index contributed by atoms with van der Waals surface area (Å²) < 4.78 is 5.76. The van der Waals surface area contributed by atoms with Crippen LogP contribution in [0.3, 0.4) is 0 Å². The number of rotatable bonds is 2. The Labute approximate surface area is 125 Å². The van der Waals surface area contributed by atoms with Gasteiger partial charge in [0.25, 0.3) is 0 Å². The summed E-state index contributed by atoms with van der Waals surface area (Å²) >= 11 is 6.21. The zero-order valence-electron chi connectivity index (χ0n) is 12.0. The topological polar surface area (TPSA) is 32.7 Å². The van der Waals surface area contributed by atoms with E-state index in [0.29, 0.717) is 0 Å². The van der Waals surface area contributed by atoms with Crippen LogP contribution < -0.4 is 4.74 Å². The maximum Gasteiger partial charge on any atom is 0.127 e. The molecule has 1 fully saturated rings. The van der Waals surface area contributed by atoms with Gasteiger partial charge >= 0.3 is 0 Å². The summed E-state index contributed by atoms with van der Waals surface area (Å²) in [6, 6.07) is 4.04. The van der Waals surface area contributed by atoms with Crippen LogP contribution in [0.15, 0.2) is 12.1 Å². The van der Waals surface area contributed by atoms with Gasteiger partial charge in [-0.25, -0.2) is 0 Å². The van der Waals surface area contributed by atoms with E-state index in [4.69, 9.17) is 16.3 Å². The van der Waals surface area contributed by atoms with Gasteiger partial charge in [-0.15, -0.1) is 0 Å². The lowest BCUT2D eigenvalue weighted by atomic mass is 9.98. The second-order valence-corrected chi connectivity index (χ2v) is 6.71. The molecule has 1 aromatic carbocycles. The molecule has 2 aliphatic heterocycles. The predicted octanol–water partition coefficient (Wildman–Crippen LogP) is 3.01. The monoisotopic (exact) mass is 295 g/mol. The third-order valence-corrected chi connectivity index (χ3v) is 4.59. The normalized spacial score (nSPS) is 26.9. The molecule has 0 amide bonds. The molecule has 1 aromatic rings. The quantitative estimate of drug-likeness (QED) is 0.910. The predicted molar refractivity (Wildman–Crippen MR) is 80.4 cm³/mol. The molecule has 0 radical (unpaired) electrons. The van der Waals surface area contributed by atoms with E-state index >= 15 is 0 Å². The maximum atomic E-state index is 10.2. The number of ether oxygens (including phenoxy) is 1. The molecule has 0 saturated carbocycles. The van der Waals surface area contributed by atoms with E-state index < -0.39 is 5.60 Å². The second-order valence-electron chi connectivity index (χ2n) is 6.28. The lowest BCUT2D eigenvalue weighted by molar-refractivity contribution is 0.0444. The molecule has 3 nitrogen and oxygen atoms in total. The molecule has 1 N–H and O–H groups in total. The van der Waals surface area contributed by atoms with Crippen LogP contribution >= 0.6 is 11.6 Å². The molecule has 0 aromatic heterocycles. The van der Waals surface area contributed by atoms with Crippen molar-refractivity contribution in [2.75, 3.05) is 19.7 Å². The first kappa shape index (κ1) is 14.2. The van der Waals surface area contributed by atoms with E-state index in [0.717, 1.165) is 62.7 Å². The first-order valence-corrected chi connectivity index (χ1v) is 7.80. The minimum atomic E-state index is -0.512. The Balaban J connectivity index is 1.75. The second kappa shape index (κ2) is 5.55. The molecule has 1 atom stereocenters. The van der Waals surface area contributed by atoms with Crippen LogP contribution in [0, 0.1) is 0 Å². The summed E-state index contributed by atoms with van der Waals surface area (Å²) in [5.41, 5.74) is 1.91. The van der Waals surface area contributed by atoms with Crippen molar-refractivity contribution in [2.45, 2.75) is 44.8 Å². The summed E-state index contributed by atoms with van der Waals surface area (Å²) in [5.74, 6) is 1.03. The van der Waals surface area contributed by atoms with Gasteiger partial charge in [0.05, 0.1) is 12.2 Å². The maximum absolute atomic E-state index is 10.2. The van der Waals surface area contributed by atoms with Gasteiger partial charge in [0, 0.05) is 30.1 Å². The van der Waals surface area contributed by atoms with Gasteiger partial charge in [0.1, 0.15) is 5.75 Å². The average molecular weight is 296 g/mol. The molecule has 2 aliphatic rings.